The Balaban J connectivity index is 1.92. The Morgan fingerprint density at radius 2 is 2.00 bits per heavy atom. The molecule has 0 fully saturated rings. The number of carbonyl (C=O) groups is 1. The number of nitrogens with one attached hydrogen (secondary N) is 1. The van der Waals surface area contributed by atoms with Gasteiger partial charge in [0.1, 0.15) is 23.9 Å². The van der Waals surface area contributed by atoms with Gasteiger partial charge < -0.3 is 13.9 Å². The smallest absolute Gasteiger partial charge is 0.310 e. The van der Waals surface area contributed by atoms with E-state index < -0.39 is 5.91 Å². The highest BCUT2D eigenvalue weighted by molar-refractivity contribution is 5.90. The molecule has 1 amide bonds. The third-order valence-corrected chi connectivity index (χ3v) is 2.85. The number of amides is 1. The molecule has 0 aliphatic carbocycles. The summed E-state index contributed by atoms with van der Waals surface area (Å²) >= 11 is 0. The first-order valence-electron chi connectivity index (χ1n) is 6.33. The second-order valence-corrected chi connectivity index (χ2v) is 4.31. The summed E-state index contributed by atoms with van der Waals surface area (Å²) in [5, 5.41) is 0. The lowest BCUT2D eigenvalue weighted by atomic mass is 10.2. The van der Waals surface area contributed by atoms with Crippen molar-refractivity contribution in [2.45, 2.75) is 13.5 Å². The van der Waals surface area contributed by atoms with Crippen molar-refractivity contribution >= 4 is 5.91 Å². The lowest BCUT2D eigenvalue weighted by Gasteiger charge is -2.10. The van der Waals surface area contributed by atoms with Gasteiger partial charge in [-0.3, -0.25) is 9.63 Å². The van der Waals surface area contributed by atoms with E-state index in [4.69, 9.17) is 18.7 Å². The van der Waals surface area contributed by atoms with Gasteiger partial charge in [-0.1, -0.05) is 0 Å². The third-order valence-electron chi connectivity index (χ3n) is 2.85. The molecule has 1 aromatic carbocycles. The van der Waals surface area contributed by atoms with Gasteiger partial charge in [0, 0.05) is 11.6 Å². The average molecular weight is 291 g/mol. The van der Waals surface area contributed by atoms with Crippen LogP contribution in [0.15, 0.2) is 34.7 Å². The molecule has 6 nitrogen and oxygen atoms in total. The van der Waals surface area contributed by atoms with Gasteiger partial charge >= 0.3 is 5.91 Å². The fourth-order valence-corrected chi connectivity index (χ4v) is 1.76. The molecule has 0 saturated carbocycles. The number of methoxy groups -OCH3 is 2. The van der Waals surface area contributed by atoms with E-state index in [1.165, 1.54) is 0 Å². The Hall–Kier alpha value is -2.47. The number of furan rings is 1. The van der Waals surface area contributed by atoms with Crippen LogP contribution in [0.2, 0.25) is 0 Å². The van der Waals surface area contributed by atoms with Crippen LogP contribution in [0.5, 0.6) is 11.5 Å². The molecule has 0 spiro atoms. The summed E-state index contributed by atoms with van der Waals surface area (Å²) < 4.78 is 15.5. The SMILES string of the molecule is COc1ccc(CONC(=O)c2ccc(C)o2)c(OC)c1. The van der Waals surface area contributed by atoms with Crippen LogP contribution in [0.25, 0.3) is 0 Å². The normalized spacial score (nSPS) is 10.2. The van der Waals surface area contributed by atoms with E-state index in [0.717, 1.165) is 5.56 Å². The Kier molecular flexibility index (Phi) is 4.84. The van der Waals surface area contributed by atoms with Gasteiger partial charge in [-0.05, 0) is 31.2 Å². The van der Waals surface area contributed by atoms with Crippen LogP contribution in [-0.2, 0) is 11.4 Å². The quantitative estimate of drug-likeness (QED) is 0.828. The van der Waals surface area contributed by atoms with E-state index in [1.54, 1.807) is 51.5 Å². The van der Waals surface area contributed by atoms with Crippen molar-refractivity contribution < 1.29 is 23.5 Å². The largest absolute Gasteiger partial charge is 0.497 e. The Morgan fingerprint density at radius 3 is 2.62 bits per heavy atom. The maximum absolute atomic E-state index is 11.7. The van der Waals surface area contributed by atoms with E-state index in [1.807, 2.05) is 0 Å². The predicted octanol–water partition coefficient (Wildman–Crippen LogP) is 2.47. The zero-order chi connectivity index (χ0) is 15.2. The Bertz CT molecular complexity index is 620. The number of hydrogen-bond acceptors (Lipinski definition) is 5. The van der Waals surface area contributed by atoms with Gasteiger partial charge in [-0.25, -0.2) is 5.48 Å². The summed E-state index contributed by atoms with van der Waals surface area (Å²) in [5.74, 6) is 1.74. The average Bonchev–Trinajstić information content (AvgIpc) is 2.94. The number of carbonyl (C=O) groups excluding carboxylic acids is 1. The van der Waals surface area contributed by atoms with Crippen molar-refractivity contribution in [3.63, 3.8) is 0 Å². The molecule has 1 aromatic heterocycles. The van der Waals surface area contributed by atoms with Gasteiger partial charge in [-0.2, -0.15) is 0 Å². The minimum atomic E-state index is -0.435. The second kappa shape index (κ2) is 6.81. The van der Waals surface area contributed by atoms with Gasteiger partial charge in [0.15, 0.2) is 5.76 Å². The minimum absolute atomic E-state index is 0.165. The van der Waals surface area contributed by atoms with Crippen LogP contribution in [0, 0.1) is 6.92 Å². The van der Waals surface area contributed by atoms with Crippen LogP contribution in [0.3, 0.4) is 0 Å². The zero-order valence-corrected chi connectivity index (χ0v) is 12.1. The number of ether oxygens (including phenoxy) is 2. The standard InChI is InChI=1S/C15H17NO5/c1-10-4-7-13(21-10)15(17)16-20-9-11-5-6-12(18-2)8-14(11)19-3/h4-8H,9H2,1-3H3,(H,16,17). The van der Waals surface area contributed by atoms with E-state index in [2.05, 4.69) is 5.48 Å². The van der Waals surface area contributed by atoms with E-state index >= 15 is 0 Å². The molecular formula is C15H17NO5. The van der Waals surface area contributed by atoms with Gasteiger partial charge in [0.2, 0.25) is 0 Å². The van der Waals surface area contributed by atoms with E-state index in [0.29, 0.717) is 17.3 Å². The number of rotatable bonds is 6. The van der Waals surface area contributed by atoms with Crippen LogP contribution < -0.4 is 15.0 Å². The first kappa shape index (κ1) is 14.9. The summed E-state index contributed by atoms with van der Waals surface area (Å²) in [5.41, 5.74) is 3.11. The molecule has 1 N–H and O–H groups in total. The number of aryl methyl sites for hydroxylation is 1. The lowest BCUT2D eigenvalue weighted by Crippen LogP contribution is -2.23. The van der Waals surface area contributed by atoms with E-state index in [9.17, 15) is 4.79 Å². The molecule has 6 heteroatoms. The molecule has 2 aromatic rings. The lowest BCUT2D eigenvalue weighted by molar-refractivity contribution is 0.0205. The summed E-state index contributed by atoms with van der Waals surface area (Å²) in [4.78, 5) is 16.9. The van der Waals surface area contributed by atoms with Crippen LogP contribution in [-0.4, -0.2) is 20.1 Å². The number of hydroxylamine groups is 1. The highest BCUT2D eigenvalue weighted by Gasteiger charge is 2.11. The van der Waals surface area contributed by atoms with Crippen molar-refractivity contribution in [1.82, 2.24) is 5.48 Å². The van der Waals surface area contributed by atoms with Crippen molar-refractivity contribution in [3.05, 3.63) is 47.4 Å². The monoisotopic (exact) mass is 291 g/mol. The van der Waals surface area contributed by atoms with Gasteiger partial charge in [0.25, 0.3) is 0 Å². The second-order valence-electron chi connectivity index (χ2n) is 4.31. The summed E-state index contributed by atoms with van der Waals surface area (Å²) in [6, 6.07) is 8.64. The van der Waals surface area contributed by atoms with Crippen LogP contribution >= 0.6 is 0 Å². The van der Waals surface area contributed by atoms with Crippen LogP contribution in [0.4, 0.5) is 0 Å². The third kappa shape index (κ3) is 3.76. The number of benzene rings is 1. The maximum Gasteiger partial charge on any atom is 0.310 e. The zero-order valence-electron chi connectivity index (χ0n) is 12.1. The minimum Gasteiger partial charge on any atom is -0.497 e. The first-order valence-corrected chi connectivity index (χ1v) is 6.33. The fourth-order valence-electron chi connectivity index (χ4n) is 1.76. The molecule has 0 aliphatic heterocycles. The highest BCUT2D eigenvalue weighted by atomic mass is 16.7. The molecule has 21 heavy (non-hydrogen) atoms. The molecule has 1 heterocycles. The van der Waals surface area contributed by atoms with Crippen molar-refractivity contribution in [3.8, 4) is 11.5 Å². The van der Waals surface area contributed by atoms with Crippen molar-refractivity contribution in [2.24, 2.45) is 0 Å². The molecule has 0 saturated heterocycles. The Labute approximate surface area is 122 Å². The number of hydrogen-bond donors (Lipinski definition) is 1. The highest BCUT2D eigenvalue weighted by Crippen LogP contribution is 2.24. The predicted molar refractivity (Wildman–Crippen MR) is 75.2 cm³/mol. The summed E-state index contributed by atoms with van der Waals surface area (Å²) in [7, 11) is 3.14. The fraction of sp³-hybridized carbons (Fsp3) is 0.267. The van der Waals surface area contributed by atoms with Crippen molar-refractivity contribution in [2.75, 3.05) is 14.2 Å². The Morgan fingerprint density at radius 1 is 1.19 bits per heavy atom. The molecule has 0 aliphatic rings. The molecule has 2 rings (SSSR count). The molecule has 0 unspecified atom stereocenters. The summed E-state index contributed by atoms with van der Waals surface area (Å²) in [6.45, 7) is 1.93. The van der Waals surface area contributed by atoms with Crippen molar-refractivity contribution in [1.29, 1.82) is 0 Å². The maximum atomic E-state index is 11.7. The first-order chi connectivity index (χ1) is 10.1. The molecule has 0 atom stereocenters. The molecule has 0 bridgehead atoms. The molecule has 0 radical (unpaired) electrons. The molecular weight excluding hydrogens is 274 g/mol. The topological polar surface area (TPSA) is 69.9 Å². The molecule has 112 valence electrons. The van der Waals surface area contributed by atoms with Gasteiger partial charge in [-0.15, -0.1) is 0 Å². The van der Waals surface area contributed by atoms with Crippen LogP contribution in [0.1, 0.15) is 21.9 Å². The summed E-state index contributed by atoms with van der Waals surface area (Å²) in [6.07, 6.45) is 0. The van der Waals surface area contributed by atoms with Gasteiger partial charge in [0.05, 0.1) is 14.2 Å². The van der Waals surface area contributed by atoms with E-state index in [-0.39, 0.29) is 12.4 Å².